The highest BCUT2D eigenvalue weighted by molar-refractivity contribution is 9.10. The van der Waals surface area contributed by atoms with Crippen molar-refractivity contribution in [3.05, 3.63) is 69.3 Å². The summed E-state index contributed by atoms with van der Waals surface area (Å²) in [6.07, 6.45) is 0. The monoisotopic (exact) mass is 417 g/mol. The molecule has 0 fully saturated rings. The molecule has 3 aromatic rings. The molecular formula is C19H20BrN3O3. The molecule has 0 radical (unpaired) electrons. The zero-order chi connectivity index (χ0) is 18.7. The fourth-order valence-electron chi connectivity index (χ4n) is 2.67. The van der Waals surface area contributed by atoms with Crippen LogP contribution in [0.15, 0.2) is 45.3 Å². The molecule has 0 aliphatic heterocycles. The number of carbonyl (C=O) groups is 1. The highest BCUT2D eigenvalue weighted by Crippen LogP contribution is 2.21. The lowest BCUT2D eigenvalue weighted by atomic mass is 10.2. The fraction of sp³-hybridized carbons (Fsp3) is 0.263. The SMILES string of the molecule is COc1ccccc1CNC(=O)c1ccc(Cn2nc(C)c(Br)c2C)o1. The van der Waals surface area contributed by atoms with E-state index in [2.05, 4.69) is 26.3 Å². The second kappa shape index (κ2) is 7.78. The second-order valence-electron chi connectivity index (χ2n) is 5.90. The zero-order valence-corrected chi connectivity index (χ0v) is 16.5. The number of hydrogen-bond acceptors (Lipinski definition) is 4. The molecule has 0 aliphatic carbocycles. The van der Waals surface area contributed by atoms with Crippen molar-refractivity contribution in [1.29, 1.82) is 0 Å². The van der Waals surface area contributed by atoms with Gasteiger partial charge in [-0.15, -0.1) is 0 Å². The van der Waals surface area contributed by atoms with E-state index >= 15 is 0 Å². The summed E-state index contributed by atoms with van der Waals surface area (Å²) in [5.74, 6) is 1.42. The number of aryl methyl sites for hydroxylation is 1. The van der Waals surface area contributed by atoms with Gasteiger partial charge in [-0.05, 0) is 48.0 Å². The van der Waals surface area contributed by atoms with Gasteiger partial charge in [0.1, 0.15) is 11.5 Å². The van der Waals surface area contributed by atoms with E-state index in [0.29, 0.717) is 18.8 Å². The van der Waals surface area contributed by atoms with Gasteiger partial charge in [-0.1, -0.05) is 18.2 Å². The number of halogens is 1. The molecule has 0 bridgehead atoms. The number of nitrogens with one attached hydrogen (secondary N) is 1. The van der Waals surface area contributed by atoms with Crippen molar-refractivity contribution in [1.82, 2.24) is 15.1 Å². The Labute approximate surface area is 160 Å². The first-order valence-electron chi connectivity index (χ1n) is 8.18. The average Bonchev–Trinajstić information content (AvgIpc) is 3.21. The number of amides is 1. The number of rotatable bonds is 6. The number of benzene rings is 1. The Morgan fingerprint density at radius 2 is 2.04 bits per heavy atom. The van der Waals surface area contributed by atoms with Crippen LogP contribution in [0.1, 0.15) is 33.3 Å². The third kappa shape index (κ3) is 3.83. The molecule has 1 aromatic carbocycles. The van der Waals surface area contributed by atoms with Gasteiger partial charge in [-0.25, -0.2) is 0 Å². The summed E-state index contributed by atoms with van der Waals surface area (Å²) in [7, 11) is 1.61. The Morgan fingerprint density at radius 1 is 1.27 bits per heavy atom. The Balaban J connectivity index is 1.65. The fourth-order valence-corrected chi connectivity index (χ4v) is 2.96. The number of aromatic nitrogens is 2. The topological polar surface area (TPSA) is 69.3 Å². The summed E-state index contributed by atoms with van der Waals surface area (Å²) in [6, 6.07) is 11.0. The molecule has 2 heterocycles. The van der Waals surface area contributed by atoms with Crippen LogP contribution in [0.3, 0.4) is 0 Å². The van der Waals surface area contributed by atoms with Gasteiger partial charge in [0.2, 0.25) is 0 Å². The highest BCUT2D eigenvalue weighted by atomic mass is 79.9. The standard InChI is InChI=1S/C19H20BrN3O3/c1-12-18(20)13(2)23(22-12)11-15-8-9-17(26-15)19(24)21-10-14-6-4-5-7-16(14)25-3/h4-9H,10-11H2,1-3H3,(H,21,24). The Bertz CT molecular complexity index is 930. The maximum absolute atomic E-state index is 12.3. The van der Waals surface area contributed by atoms with Crippen LogP contribution in [0.2, 0.25) is 0 Å². The molecule has 0 spiro atoms. The van der Waals surface area contributed by atoms with Gasteiger partial charge in [0.15, 0.2) is 5.76 Å². The molecule has 0 unspecified atom stereocenters. The summed E-state index contributed by atoms with van der Waals surface area (Å²) < 4.78 is 13.8. The summed E-state index contributed by atoms with van der Waals surface area (Å²) in [5.41, 5.74) is 2.84. The second-order valence-corrected chi connectivity index (χ2v) is 6.70. The van der Waals surface area contributed by atoms with Crippen LogP contribution in [0, 0.1) is 13.8 Å². The predicted octanol–water partition coefficient (Wildman–Crippen LogP) is 3.84. The third-order valence-corrected chi connectivity index (χ3v) is 5.26. The first-order valence-corrected chi connectivity index (χ1v) is 8.97. The highest BCUT2D eigenvalue weighted by Gasteiger charge is 2.14. The number of hydrogen-bond donors (Lipinski definition) is 1. The van der Waals surface area contributed by atoms with Gasteiger partial charge < -0.3 is 14.5 Å². The summed E-state index contributed by atoms with van der Waals surface area (Å²) in [5, 5.41) is 7.30. The van der Waals surface area contributed by atoms with E-state index in [-0.39, 0.29) is 11.7 Å². The maximum Gasteiger partial charge on any atom is 0.287 e. The third-order valence-electron chi connectivity index (χ3n) is 4.12. The molecule has 3 rings (SSSR count). The van der Waals surface area contributed by atoms with Crippen molar-refractivity contribution >= 4 is 21.8 Å². The molecule has 1 N–H and O–H groups in total. The lowest BCUT2D eigenvalue weighted by Crippen LogP contribution is -2.22. The molecule has 1 amide bonds. The lowest BCUT2D eigenvalue weighted by Gasteiger charge is -2.08. The summed E-state index contributed by atoms with van der Waals surface area (Å²) in [6.45, 7) is 4.75. The number of carbonyl (C=O) groups excluding carboxylic acids is 1. The van der Waals surface area contributed by atoms with Gasteiger partial charge in [-0.3, -0.25) is 9.48 Å². The van der Waals surface area contributed by atoms with E-state index in [1.165, 1.54) is 0 Å². The van der Waals surface area contributed by atoms with Crippen LogP contribution >= 0.6 is 15.9 Å². The van der Waals surface area contributed by atoms with Gasteiger partial charge in [-0.2, -0.15) is 5.10 Å². The number of ether oxygens (including phenoxy) is 1. The van der Waals surface area contributed by atoms with Crippen molar-refractivity contribution in [3.63, 3.8) is 0 Å². The van der Waals surface area contributed by atoms with Gasteiger partial charge >= 0.3 is 0 Å². The van der Waals surface area contributed by atoms with Crippen LogP contribution in [0.5, 0.6) is 5.75 Å². The Kier molecular flexibility index (Phi) is 5.46. The van der Waals surface area contributed by atoms with E-state index < -0.39 is 0 Å². The van der Waals surface area contributed by atoms with Crippen molar-refractivity contribution < 1.29 is 13.9 Å². The van der Waals surface area contributed by atoms with Crippen molar-refractivity contribution in [2.45, 2.75) is 26.9 Å². The van der Waals surface area contributed by atoms with E-state index in [0.717, 1.165) is 27.2 Å². The smallest absolute Gasteiger partial charge is 0.287 e. The molecule has 0 atom stereocenters. The molecule has 2 aromatic heterocycles. The average molecular weight is 418 g/mol. The predicted molar refractivity (Wildman–Crippen MR) is 101 cm³/mol. The molecule has 7 heteroatoms. The normalized spacial score (nSPS) is 10.8. The lowest BCUT2D eigenvalue weighted by molar-refractivity contribution is 0.0921. The summed E-state index contributed by atoms with van der Waals surface area (Å²) >= 11 is 3.51. The molecule has 136 valence electrons. The van der Waals surface area contributed by atoms with Gasteiger partial charge in [0.05, 0.1) is 29.5 Å². The van der Waals surface area contributed by atoms with Crippen LogP contribution in [-0.4, -0.2) is 22.8 Å². The van der Waals surface area contributed by atoms with Crippen LogP contribution in [0.4, 0.5) is 0 Å². The van der Waals surface area contributed by atoms with E-state index in [1.807, 2.05) is 42.8 Å². The Morgan fingerprint density at radius 3 is 2.73 bits per heavy atom. The van der Waals surface area contributed by atoms with E-state index in [9.17, 15) is 4.79 Å². The van der Waals surface area contributed by atoms with Crippen molar-refractivity contribution in [2.75, 3.05) is 7.11 Å². The van der Waals surface area contributed by atoms with E-state index in [4.69, 9.17) is 9.15 Å². The zero-order valence-electron chi connectivity index (χ0n) is 14.9. The maximum atomic E-state index is 12.3. The number of para-hydroxylation sites is 1. The van der Waals surface area contributed by atoms with E-state index in [1.54, 1.807) is 19.2 Å². The van der Waals surface area contributed by atoms with Crippen LogP contribution < -0.4 is 10.1 Å². The number of furan rings is 1. The largest absolute Gasteiger partial charge is 0.496 e. The van der Waals surface area contributed by atoms with Crippen molar-refractivity contribution in [3.8, 4) is 5.75 Å². The first-order chi connectivity index (χ1) is 12.5. The molecule has 0 aliphatic rings. The van der Waals surface area contributed by atoms with Crippen LogP contribution in [-0.2, 0) is 13.1 Å². The minimum atomic E-state index is -0.267. The Hall–Kier alpha value is -2.54. The molecule has 26 heavy (non-hydrogen) atoms. The van der Waals surface area contributed by atoms with Gasteiger partial charge in [0.25, 0.3) is 5.91 Å². The summed E-state index contributed by atoms with van der Waals surface area (Å²) in [4.78, 5) is 12.3. The minimum Gasteiger partial charge on any atom is -0.496 e. The number of nitrogens with zero attached hydrogens (tertiary/aromatic N) is 2. The molecular weight excluding hydrogens is 398 g/mol. The molecule has 0 saturated carbocycles. The quantitative estimate of drug-likeness (QED) is 0.661. The molecule has 0 saturated heterocycles. The van der Waals surface area contributed by atoms with Gasteiger partial charge in [0, 0.05) is 12.1 Å². The minimum absolute atomic E-state index is 0.267. The van der Waals surface area contributed by atoms with Crippen molar-refractivity contribution in [2.24, 2.45) is 0 Å². The van der Waals surface area contributed by atoms with Crippen LogP contribution in [0.25, 0.3) is 0 Å². The first kappa shape index (κ1) is 18.3. The molecule has 6 nitrogen and oxygen atoms in total. The number of methoxy groups -OCH3 is 1.